The van der Waals surface area contributed by atoms with Crippen molar-refractivity contribution >= 4 is 0 Å². The maximum Gasteiger partial charge on any atom is 0.111 e. The fourth-order valence-electron chi connectivity index (χ4n) is 0.893. The van der Waals surface area contributed by atoms with Crippen LogP contribution in [0.2, 0.25) is 0 Å². The summed E-state index contributed by atoms with van der Waals surface area (Å²) in [5, 5.41) is 58.3. The summed E-state index contributed by atoms with van der Waals surface area (Å²) in [5.41, 5.74) is 0. The van der Waals surface area contributed by atoms with E-state index in [9.17, 15) is 5.11 Å². The first kappa shape index (κ1) is 20.0. The zero-order valence-corrected chi connectivity index (χ0v) is 11.0. The molecule has 0 saturated heterocycles. The van der Waals surface area contributed by atoms with Gasteiger partial charge in [0.2, 0.25) is 0 Å². The maximum atomic E-state index is 9.21. The van der Waals surface area contributed by atoms with Gasteiger partial charge in [-0.3, -0.25) is 5.32 Å². The number of rotatable bonds is 7. The van der Waals surface area contributed by atoms with Crippen molar-refractivity contribution in [2.24, 2.45) is 0 Å². The van der Waals surface area contributed by atoms with Gasteiger partial charge in [-0.25, -0.2) is 0 Å². The molecule has 0 aromatic rings. The molecule has 0 bridgehead atoms. The minimum Gasteiger partial charge on any atom is -0.394 e. The average molecular weight is 270 g/mol. The predicted molar refractivity (Wildman–Crippen MR) is 65.8 cm³/mol. The summed E-state index contributed by atoms with van der Waals surface area (Å²) in [7, 11) is 3.27. The molecule has 18 heavy (non-hydrogen) atoms. The normalized spacial score (nSPS) is 19.2. The highest BCUT2D eigenvalue weighted by atomic mass is 16.4. The van der Waals surface area contributed by atoms with Crippen LogP contribution in [0.1, 0.15) is 6.92 Å². The van der Waals surface area contributed by atoms with Gasteiger partial charge in [-0.2, -0.15) is 0 Å². The zero-order chi connectivity index (χ0) is 14.7. The average Bonchev–Trinajstić information content (AvgIpc) is 2.36. The molecule has 0 amide bonds. The molecule has 0 aliphatic rings. The Bertz CT molecular complexity index is 184. The first-order chi connectivity index (χ1) is 8.31. The molecule has 0 fully saturated rings. The van der Waals surface area contributed by atoms with Crippen molar-refractivity contribution in [3.63, 3.8) is 0 Å². The van der Waals surface area contributed by atoms with Crippen LogP contribution in [-0.2, 0) is 0 Å². The highest BCUT2D eigenvalue weighted by Crippen LogP contribution is 2.04. The second-order valence-electron chi connectivity index (χ2n) is 3.82. The minimum atomic E-state index is -1.55. The standard InChI is InChI=1S/C7H17NO5.C3H9NO/c1-8-2-4(10)6(12)7(13)5(11)3-9;1-3(5)4-2/h4-13H,2-3H2,1H3;3-5H,1-2H3/t4-,5+,6+,7+;/m0./s1. The Morgan fingerprint density at radius 1 is 0.889 bits per heavy atom. The number of aliphatic hydroxyl groups is 6. The lowest BCUT2D eigenvalue weighted by Crippen LogP contribution is -2.48. The fourth-order valence-corrected chi connectivity index (χ4v) is 0.893. The minimum absolute atomic E-state index is 0.0936. The van der Waals surface area contributed by atoms with E-state index in [4.69, 9.17) is 25.5 Å². The predicted octanol–water partition coefficient (Wildman–Crippen LogP) is -3.81. The summed E-state index contributed by atoms with van der Waals surface area (Å²) >= 11 is 0. The highest BCUT2D eigenvalue weighted by Gasteiger charge is 2.29. The van der Waals surface area contributed by atoms with Crippen molar-refractivity contribution in [2.75, 3.05) is 27.2 Å². The van der Waals surface area contributed by atoms with Gasteiger partial charge < -0.3 is 36.0 Å². The molecule has 0 saturated carbocycles. The van der Waals surface area contributed by atoms with Crippen LogP contribution >= 0.6 is 0 Å². The van der Waals surface area contributed by atoms with Crippen molar-refractivity contribution in [3.8, 4) is 0 Å². The Labute approximate surface area is 107 Å². The second kappa shape index (κ2) is 11.8. The van der Waals surface area contributed by atoms with Crippen LogP contribution < -0.4 is 10.6 Å². The second-order valence-corrected chi connectivity index (χ2v) is 3.82. The van der Waals surface area contributed by atoms with Gasteiger partial charge in [-0.05, 0) is 21.0 Å². The molecule has 8 N–H and O–H groups in total. The van der Waals surface area contributed by atoms with Crippen LogP contribution in [0.5, 0.6) is 0 Å². The third-order valence-corrected chi connectivity index (χ3v) is 2.16. The van der Waals surface area contributed by atoms with E-state index in [-0.39, 0.29) is 12.8 Å². The molecule has 112 valence electrons. The molecule has 1 unspecified atom stereocenters. The zero-order valence-electron chi connectivity index (χ0n) is 11.0. The van der Waals surface area contributed by atoms with Crippen LogP contribution in [0.4, 0.5) is 0 Å². The summed E-state index contributed by atoms with van der Waals surface area (Å²) in [6.45, 7) is 1.10. The molecule has 8 nitrogen and oxygen atoms in total. The van der Waals surface area contributed by atoms with Gasteiger partial charge in [0.1, 0.15) is 24.5 Å². The Kier molecular flexibility index (Phi) is 13.1. The Balaban J connectivity index is 0. The van der Waals surface area contributed by atoms with E-state index in [1.165, 1.54) is 0 Å². The van der Waals surface area contributed by atoms with Crippen molar-refractivity contribution in [1.82, 2.24) is 10.6 Å². The molecule has 8 heteroatoms. The molecular weight excluding hydrogens is 244 g/mol. The van der Waals surface area contributed by atoms with Gasteiger partial charge >= 0.3 is 0 Å². The summed E-state index contributed by atoms with van der Waals surface area (Å²) < 4.78 is 0. The maximum absolute atomic E-state index is 9.21. The van der Waals surface area contributed by atoms with Crippen molar-refractivity contribution < 1.29 is 30.6 Å². The Morgan fingerprint density at radius 3 is 1.56 bits per heavy atom. The summed E-state index contributed by atoms with van der Waals surface area (Å²) in [6, 6.07) is 0. The van der Waals surface area contributed by atoms with Crippen LogP contribution in [0.3, 0.4) is 0 Å². The van der Waals surface area contributed by atoms with Crippen LogP contribution in [0.25, 0.3) is 0 Å². The van der Waals surface area contributed by atoms with Crippen molar-refractivity contribution in [2.45, 2.75) is 37.6 Å². The number of likely N-dealkylation sites (N-methyl/N-ethyl adjacent to an activating group) is 1. The molecular formula is C10H26N2O6. The molecule has 0 aliphatic carbocycles. The number of nitrogens with one attached hydrogen (secondary N) is 2. The summed E-state index contributed by atoms with van der Waals surface area (Å²) in [6.07, 6.45) is -6.01. The van der Waals surface area contributed by atoms with Crippen LogP contribution in [-0.4, -0.2) is 88.5 Å². The van der Waals surface area contributed by atoms with E-state index in [0.29, 0.717) is 0 Å². The SMILES string of the molecule is CNC(C)O.CNC[C@H](O)[C@@H](O)[C@H](O)[C@H](O)CO. The molecule has 0 aromatic heterocycles. The summed E-state index contributed by atoms with van der Waals surface area (Å²) in [4.78, 5) is 0. The molecule has 5 atom stereocenters. The van der Waals surface area contributed by atoms with Crippen molar-refractivity contribution in [3.05, 3.63) is 0 Å². The van der Waals surface area contributed by atoms with E-state index in [2.05, 4.69) is 10.6 Å². The lowest BCUT2D eigenvalue weighted by Gasteiger charge is -2.25. The number of hydrogen-bond acceptors (Lipinski definition) is 8. The molecule has 0 heterocycles. The lowest BCUT2D eigenvalue weighted by atomic mass is 10.0. The topological polar surface area (TPSA) is 145 Å². The smallest absolute Gasteiger partial charge is 0.111 e. The van der Waals surface area contributed by atoms with E-state index in [1.807, 2.05) is 0 Å². The number of hydrogen-bond donors (Lipinski definition) is 8. The largest absolute Gasteiger partial charge is 0.394 e. The number of aliphatic hydroxyl groups excluding tert-OH is 6. The first-order valence-corrected chi connectivity index (χ1v) is 5.64. The molecule has 0 rings (SSSR count). The third-order valence-electron chi connectivity index (χ3n) is 2.16. The van der Waals surface area contributed by atoms with Gasteiger partial charge in [0.05, 0.1) is 12.7 Å². The van der Waals surface area contributed by atoms with Gasteiger partial charge in [-0.1, -0.05) is 0 Å². The fraction of sp³-hybridized carbons (Fsp3) is 1.00. The van der Waals surface area contributed by atoms with E-state index < -0.39 is 31.0 Å². The van der Waals surface area contributed by atoms with Crippen LogP contribution in [0, 0.1) is 0 Å². The third kappa shape index (κ3) is 9.68. The van der Waals surface area contributed by atoms with E-state index >= 15 is 0 Å². The molecule has 0 spiro atoms. The van der Waals surface area contributed by atoms with E-state index in [1.54, 1.807) is 21.0 Å². The van der Waals surface area contributed by atoms with Gasteiger partial charge in [-0.15, -0.1) is 0 Å². The molecule has 0 aliphatic heterocycles. The van der Waals surface area contributed by atoms with Gasteiger partial charge in [0.25, 0.3) is 0 Å². The quantitative estimate of drug-likeness (QED) is 0.220. The van der Waals surface area contributed by atoms with Gasteiger partial charge in [0.15, 0.2) is 0 Å². The molecule has 0 aromatic carbocycles. The first-order valence-electron chi connectivity index (χ1n) is 5.64. The Morgan fingerprint density at radius 2 is 1.28 bits per heavy atom. The van der Waals surface area contributed by atoms with Gasteiger partial charge in [0, 0.05) is 6.54 Å². The van der Waals surface area contributed by atoms with Crippen LogP contribution in [0.15, 0.2) is 0 Å². The molecule has 0 radical (unpaired) electrons. The lowest BCUT2D eigenvalue weighted by molar-refractivity contribution is -0.113. The van der Waals surface area contributed by atoms with E-state index in [0.717, 1.165) is 0 Å². The highest BCUT2D eigenvalue weighted by molar-refractivity contribution is 4.81. The monoisotopic (exact) mass is 270 g/mol. The summed E-state index contributed by atoms with van der Waals surface area (Å²) in [5.74, 6) is 0. The Hall–Kier alpha value is -0.320. The van der Waals surface area contributed by atoms with Crippen molar-refractivity contribution in [1.29, 1.82) is 0 Å².